The van der Waals surface area contributed by atoms with E-state index in [-0.39, 0.29) is 23.8 Å². The highest BCUT2D eigenvalue weighted by Gasteiger charge is 2.21. The first kappa shape index (κ1) is 19.7. The third-order valence-electron chi connectivity index (χ3n) is 5.02. The predicted octanol–water partition coefficient (Wildman–Crippen LogP) is 3.90. The maximum atomic E-state index is 14.8. The van der Waals surface area contributed by atoms with Gasteiger partial charge in [-0.25, -0.2) is 23.7 Å². The maximum Gasteiger partial charge on any atom is 0.165 e. The predicted molar refractivity (Wildman–Crippen MR) is 116 cm³/mol. The summed E-state index contributed by atoms with van der Waals surface area (Å²) in [5, 5.41) is 9.38. The SMILES string of the molecule is Nc1nccc(F)c1-c1nc2ccc(-c3ccc(F)cn3)nc2n1-c1ccc(CO)cc1. The van der Waals surface area contributed by atoms with Crippen LogP contribution < -0.4 is 5.73 Å². The number of halogens is 2. The smallest absolute Gasteiger partial charge is 0.165 e. The zero-order valence-electron chi connectivity index (χ0n) is 16.6. The van der Waals surface area contributed by atoms with Gasteiger partial charge in [0.15, 0.2) is 11.5 Å². The van der Waals surface area contributed by atoms with Gasteiger partial charge in [-0.05, 0) is 48.0 Å². The fourth-order valence-electron chi connectivity index (χ4n) is 3.46. The molecule has 0 unspecified atom stereocenters. The summed E-state index contributed by atoms with van der Waals surface area (Å²) in [6.45, 7) is -0.110. The van der Waals surface area contributed by atoms with E-state index in [0.717, 1.165) is 11.8 Å². The van der Waals surface area contributed by atoms with E-state index in [1.54, 1.807) is 41.0 Å². The van der Waals surface area contributed by atoms with Crippen LogP contribution in [-0.4, -0.2) is 29.6 Å². The average molecular weight is 430 g/mol. The Balaban J connectivity index is 1.80. The second-order valence-electron chi connectivity index (χ2n) is 7.05. The summed E-state index contributed by atoms with van der Waals surface area (Å²) >= 11 is 0. The Morgan fingerprint density at radius 1 is 0.875 bits per heavy atom. The van der Waals surface area contributed by atoms with Crippen molar-refractivity contribution in [3.63, 3.8) is 0 Å². The topological polar surface area (TPSA) is 103 Å². The second kappa shape index (κ2) is 7.78. The van der Waals surface area contributed by atoms with Gasteiger partial charge in [0, 0.05) is 11.9 Å². The number of aromatic nitrogens is 5. The largest absolute Gasteiger partial charge is 0.392 e. The van der Waals surface area contributed by atoms with Gasteiger partial charge in [-0.1, -0.05) is 12.1 Å². The molecule has 0 atom stereocenters. The molecule has 0 radical (unpaired) electrons. The molecule has 0 aliphatic heterocycles. The summed E-state index contributed by atoms with van der Waals surface area (Å²) < 4.78 is 29.8. The van der Waals surface area contributed by atoms with E-state index in [1.165, 1.54) is 24.4 Å². The van der Waals surface area contributed by atoms with Gasteiger partial charge in [-0.15, -0.1) is 0 Å². The van der Waals surface area contributed by atoms with Crippen molar-refractivity contribution in [3.05, 3.63) is 84.2 Å². The number of fused-ring (bicyclic) bond motifs is 1. The molecule has 0 saturated carbocycles. The van der Waals surface area contributed by atoms with Gasteiger partial charge in [0.25, 0.3) is 0 Å². The Kier molecular flexibility index (Phi) is 4.79. The molecule has 32 heavy (non-hydrogen) atoms. The Morgan fingerprint density at radius 2 is 1.66 bits per heavy atom. The molecule has 5 rings (SSSR count). The van der Waals surface area contributed by atoms with E-state index >= 15 is 0 Å². The van der Waals surface area contributed by atoms with Gasteiger partial charge in [0.1, 0.15) is 23.0 Å². The lowest BCUT2D eigenvalue weighted by atomic mass is 10.2. The van der Waals surface area contributed by atoms with Crippen molar-refractivity contribution >= 4 is 17.0 Å². The molecule has 9 heteroatoms. The highest BCUT2D eigenvalue weighted by Crippen LogP contribution is 2.33. The number of anilines is 1. The van der Waals surface area contributed by atoms with Gasteiger partial charge >= 0.3 is 0 Å². The van der Waals surface area contributed by atoms with Crippen LogP contribution in [0.15, 0.2) is 67.0 Å². The molecule has 0 saturated heterocycles. The minimum absolute atomic E-state index is 0.00559. The molecule has 1 aromatic carbocycles. The Labute approximate surface area is 180 Å². The summed E-state index contributed by atoms with van der Waals surface area (Å²) in [5.74, 6) is -0.791. The van der Waals surface area contributed by atoms with Crippen LogP contribution in [0.4, 0.5) is 14.6 Å². The van der Waals surface area contributed by atoms with Gasteiger partial charge in [-0.2, -0.15) is 0 Å². The van der Waals surface area contributed by atoms with Crippen molar-refractivity contribution in [1.29, 1.82) is 0 Å². The lowest BCUT2D eigenvalue weighted by Gasteiger charge is -2.11. The molecule has 5 aromatic rings. The van der Waals surface area contributed by atoms with Crippen LogP contribution in [-0.2, 0) is 6.61 Å². The number of aliphatic hydroxyl groups is 1. The molecule has 0 fully saturated rings. The molecular weight excluding hydrogens is 414 g/mol. The highest BCUT2D eigenvalue weighted by molar-refractivity contribution is 5.84. The molecule has 4 heterocycles. The normalized spacial score (nSPS) is 11.2. The van der Waals surface area contributed by atoms with E-state index in [9.17, 15) is 13.9 Å². The van der Waals surface area contributed by atoms with Crippen LogP contribution in [0.1, 0.15) is 5.56 Å². The Hall–Kier alpha value is -4.24. The molecule has 0 aliphatic carbocycles. The molecule has 0 amide bonds. The number of benzene rings is 1. The van der Waals surface area contributed by atoms with Crippen molar-refractivity contribution in [3.8, 4) is 28.5 Å². The molecule has 0 bridgehead atoms. The number of pyridine rings is 3. The van der Waals surface area contributed by atoms with Crippen LogP contribution in [0.3, 0.4) is 0 Å². The van der Waals surface area contributed by atoms with E-state index in [0.29, 0.717) is 28.2 Å². The second-order valence-corrected chi connectivity index (χ2v) is 7.05. The van der Waals surface area contributed by atoms with Crippen LogP contribution in [0.25, 0.3) is 39.6 Å². The molecule has 158 valence electrons. The van der Waals surface area contributed by atoms with E-state index in [2.05, 4.69) is 19.9 Å². The molecular formula is C23H16F2N6O. The number of hydrogen-bond donors (Lipinski definition) is 2. The van der Waals surface area contributed by atoms with Crippen LogP contribution >= 0.6 is 0 Å². The standard InChI is InChI=1S/C23H16F2N6O/c24-14-3-6-17(28-11-14)18-7-8-19-22(29-18)31(15-4-1-13(12-32)2-5-15)23(30-19)20-16(25)9-10-27-21(20)26/h1-11,32H,12H2,(H2,26,27). The number of aliphatic hydroxyl groups excluding tert-OH is 1. The van der Waals surface area contributed by atoms with Gasteiger partial charge < -0.3 is 10.8 Å². The molecule has 4 aromatic heterocycles. The Bertz CT molecular complexity index is 1410. The monoisotopic (exact) mass is 430 g/mol. The fourth-order valence-corrected chi connectivity index (χ4v) is 3.46. The van der Waals surface area contributed by atoms with Crippen molar-refractivity contribution in [2.75, 3.05) is 5.73 Å². The lowest BCUT2D eigenvalue weighted by molar-refractivity contribution is 0.282. The number of imidazole rings is 1. The van der Waals surface area contributed by atoms with E-state index in [4.69, 9.17) is 5.73 Å². The maximum absolute atomic E-state index is 14.8. The van der Waals surface area contributed by atoms with Crippen molar-refractivity contribution in [2.45, 2.75) is 6.61 Å². The first-order chi connectivity index (χ1) is 15.5. The average Bonchev–Trinajstić information content (AvgIpc) is 3.17. The first-order valence-electron chi connectivity index (χ1n) is 9.67. The summed E-state index contributed by atoms with van der Waals surface area (Å²) in [5.41, 5.74) is 9.32. The van der Waals surface area contributed by atoms with Gasteiger partial charge in [0.2, 0.25) is 0 Å². The third-order valence-corrected chi connectivity index (χ3v) is 5.02. The number of nitrogen functional groups attached to an aromatic ring is 1. The summed E-state index contributed by atoms with van der Waals surface area (Å²) in [6, 6.07) is 14.5. The first-order valence-corrected chi connectivity index (χ1v) is 9.67. The van der Waals surface area contributed by atoms with Crippen molar-refractivity contribution in [1.82, 2.24) is 24.5 Å². The molecule has 7 nitrogen and oxygen atoms in total. The Morgan fingerprint density at radius 3 is 2.34 bits per heavy atom. The van der Waals surface area contributed by atoms with Gasteiger partial charge in [0.05, 0.1) is 29.8 Å². The zero-order valence-corrected chi connectivity index (χ0v) is 16.6. The number of hydrogen-bond acceptors (Lipinski definition) is 6. The quantitative estimate of drug-likeness (QED) is 0.448. The fraction of sp³-hybridized carbons (Fsp3) is 0.0435. The number of rotatable bonds is 4. The summed E-state index contributed by atoms with van der Waals surface area (Å²) in [6.07, 6.45) is 2.40. The van der Waals surface area contributed by atoms with Crippen molar-refractivity contribution in [2.24, 2.45) is 0 Å². The zero-order chi connectivity index (χ0) is 22.2. The van der Waals surface area contributed by atoms with E-state index < -0.39 is 11.6 Å². The van der Waals surface area contributed by atoms with Crippen LogP contribution in [0.5, 0.6) is 0 Å². The third kappa shape index (κ3) is 3.34. The minimum atomic E-state index is -0.568. The molecule has 3 N–H and O–H groups in total. The molecule has 0 aliphatic rings. The van der Waals surface area contributed by atoms with Gasteiger partial charge in [-0.3, -0.25) is 9.55 Å². The van der Waals surface area contributed by atoms with Crippen LogP contribution in [0.2, 0.25) is 0 Å². The molecule has 0 spiro atoms. The lowest BCUT2D eigenvalue weighted by Crippen LogP contribution is -2.04. The number of nitrogens with zero attached hydrogens (tertiary/aromatic N) is 5. The highest BCUT2D eigenvalue weighted by atomic mass is 19.1. The summed E-state index contributed by atoms with van der Waals surface area (Å²) in [4.78, 5) is 17.4. The minimum Gasteiger partial charge on any atom is -0.392 e. The van der Waals surface area contributed by atoms with Crippen molar-refractivity contribution < 1.29 is 13.9 Å². The van der Waals surface area contributed by atoms with E-state index in [1.807, 2.05) is 0 Å². The van der Waals surface area contributed by atoms with Crippen LogP contribution in [0, 0.1) is 11.6 Å². The summed E-state index contributed by atoms with van der Waals surface area (Å²) in [7, 11) is 0. The number of nitrogens with two attached hydrogens (primary N) is 1.